The molecule has 1 N–H and O–H groups in total. The number of methoxy groups -OCH3 is 1. The zero-order valence-electron chi connectivity index (χ0n) is 7.66. The summed E-state index contributed by atoms with van der Waals surface area (Å²) in [6, 6.07) is 0. The fourth-order valence-corrected chi connectivity index (χ4v) is 1.61. The number of halogens is 1. The molecule has 0 fully saturated rings. The van der Waals surface area contributed by atoms with Gasteiger partial charge in [-0.2, -0.15) is 0 Å². The van der Waals surface area contributed by atoms with Gasteiger partial charge in [-0.05, 0) is 22.4 Å². The van der Waals surface area contributed by atoms with Crippen molar-refractivity contribution in [3.8, 4) is 5.75 Å². The highest BCUT2D eigenvalue weighted by atomic mass is 79.9. The second-order valence-electron chi connectivity index (χ2n) is 2.70. The predicted octanol–water partition coefficient (Wildman–Crippen LogP) is 1.87. The third-order valence-corrected chi connectivity index (χ3v) is 2.46. The number of hydrogen-bond donors (Lipinski definition) is 1. The Morgan fingerprint density at radius 2 is 2.36 bits per heavy atom. The van der Waals surface area contributed by atoms with Gasteiger partial charge in [0.05, 0.1) is 13.3 Å². The van der Waals surface area contributed by atoms with Crippen molar-refractivity contribution >= 4 is 21.9 Å². The van der Waals surface area contributed by atoms with Crippen LogP contribution in [0.1, 0.15) is 12.0 Å². The van der Waals surface area contributed by atoms with Crippen LogP contribution in [0.2, 0.25) is 0 Å². The van der Waals surface area contributed by atoms with Gasteiger partial charge in [0.15, 0.2) is 0 Å². The van der Waals surface area contributed by atoms with Crippen molar-refractivity contribution in [2.24, 2.45) is 0 Å². The van der Waals surface area contributed by atoms with Crippen LogP contribution < -0.4 is 4.74 Å². The molecule has 1 rings (SSSR count). The van der Waals surface area contributed by atoms with Crippen molar-refractivity contribution in [2.45, 2.75) is 12.8 Å². The summed E-state index contributed by atoms with van der Waals surface area (Å²) in [5.41, 5.74) is 0.838. The van der Waals surface area contributed by atoms with Crippen molar-refractivity contribution in [1.82, 2.24) is 4.98 Å². The van der Waals surface area contributed by atoms with Gasteiger partial charge in [-0.3, -0.25) is 9.78 Å². The van der Waals surface area contributed by atoms with E-state index in [4.69, 9.17) is 9.84 Å². The summed E-state index contributed by atoms with van der Waals surface area (Å²) < 4.78 is 5.85. The van der Waals surface area contributed by atoms with E-state index in [2.05, 4.69) is 20.9 Å². The molecule has 0 unspecified atom stereocenters. The molecule has 1 aromatic heterocycles. The Morgan fingerprint density at radius 3 is 2.93 bits per heavy atom. The van der Waals surface area contributed by atoms with E-state index in [0.717, 1.165) is 10.0 Å². The first-order valence-electron chi connectivity index (χ1n) is 4.03. The molecule has 1 heterocycles. The lowest BCUT2D eigenvalue weighted by Crippen LogP contribution is -2.00. The molecule has 0 aliphatic heterocycles. The van der Waals surface area contributed by atoms with Crippen LogP contribution in [0, 0.1) is 0 Å². The highest BCUT2D eigenvalue weighted by Gasteiger charge is 2.09. The molecule has 0 amide bonds. The van der Waals surface area contributed by atoms with Gasteiger partial charge < -0.3 is 9.84 Å². The number of carbonyl (C=O) groups is 1. The van der Waals surface area contributed by atoms with Gasteiger partial charge in [-0.15, -0.1) is 0 Å². The topological polar surface area (TPSA) is 59.4 Å². The maximum absolute atomic E-state index is 10.4. The van der Waals surface area contributed by atoms with E-state index < -0.39 is 5.97 Å². The molecule has 0 aliphatic rings. The number of carboxylic acid groups (broad SMARTS) is 1. The molecule has 4 nitrogen and oxygen atoms in total. The van der Waals surface area contributed by atoms with Crippen LogP contribution in [0.4, 0.5) is 0 Å². The molecule has 0 bridgehead atoms. The minimum absolute atomic E-state index is 0.0823. The minimum atomic E-state index is -0.823. The average Bonchev–Trinajstić information content (AvgIpc) is 2.15. The smallest absolute Gasteiger partial charge is 0.303 e. The maximum atomic E-state index is 10.4. The largest absolute Gasteiger partial charge is 0.495 e. The normalized spacial score (nSPS) is 9.86. The second kappa shape index (κ2) is 4.95. The molecule has 0 spiro atoms. The first-order chi connectivity index (χ1) is 6.65. The monoisotopic (exact) mass is 259 g/mol. The summed E-state index contributed by atoms with van der Waals surface area (Å²) in [4.78, 5) is 14.3. The number of nitrogens with zero attached hydrogens (tertiary/aromatic N) is 1. The van der Waals surface area contributed by atoms with E-state index in [9.17, 15) is 4.79 Å². The Hall–Kier alpha value is -1.10. The van der Waals surface area contributed by atoms with Gasteiger partial charge >= 0.3 is 5.97 Å². The lowest BCUT2D eigenvalue weighted by atomic mass is 10.1. The molecule has 0 saturated heterocycles. The van der Waals surface area contributed by atoms with E-state index in [-0.39, 0.29) is 6.42 Å². The van der Waals surface area contributed by atoms with Crippen LogP contribution in [0.5, 0.6) is 5.75 Å². The molecule has 0 saturated carbocycles. The molecule has 14 heavy (non-hydrogen) atoms. The third kappa shape index (κ3) is 2.70. The van der Waals surface area contributed by atoms with E-state index >= 15 is 0 Å². The Morgan fingerprint density at radius 1 is 1.64 bits per heavy atom. The molecule has 0 aromatic carbocycles. The van der Waals surface area contributed by atoms with E-state index in [0.29, 0.717) is 12.2 Å². The summed E-state index contributed by atoms with van der Waals surface area (Å²) in [5.74, 6) is -0.212. The molecule has 0 aliphatic carbocycles. The van der Waals surface area contributed by atoms with Crippen LogP contribution >= 0.6 is 15.9 Å². The Labute approximate surface area is 90.0 Å². The van der Waals surface area contributed by atoms with Crippen molar-refractivity contribution in [1.29, 1.82) is 0 Å². The van der Waals surface area contributed by atoms with E-state index in [1.54, 1.807) is 12.4 Å². The lowest BCUT2D eigenvalue weighted by molar-refractivity contribution is -0.136. The number of carboxylic acids is 1. The van der Waals surface area contributed by atoms with Crippen LogP contribution in [0.15, 0.2) is 16.9 Å². The number of aliphatic carboxylic acids is 1. The van der Waals surface area contributed by atoms with Crippen LogP contribution in [-0.4, -0.2) is 23.2 Å². The Bertz CT molecular complexity index is 341. The summed E-state index contributed by atoms with van der Waals surface area (Å²) in [6.45, 7) is 0. The molecule has 5 heteroatoms. The van der Waals surface area contributed by atoms with Gasteiger partial charge in [-0.25, -0.2) is 0 Å². The van der Waals surface area contributed by atoms with E-state index in [1.165, 1.54) is 7.11 Å². The number of hydrogen-bond acceptors (Lipinski definition) is 3. The SMILES string of the molecule is COc1cncc(Br)c1CCC(=O)O. The molecule has 0 radical (unpaired) electrons. The summed E-state index contributed by atoms with van der Waals surface area (Å²) in [5, 5.41) is 8.56. The standard InChI is InChI=1S/C9H10BrNO3/c1-14-8-5-11-4-7(10)6(8)2-3-9(12)13/h4-5H,2-3H2,1H3,(H,12,13). The van der Waals surface area contributed by atoms with E-state index in [1.807, 2.05) is 0 Å². The second-order valence-corrected chi connectivity index (χ2v) is 3.55. The van der Waals surface area contributed by atoms with Gasteiger partial charge in [-0.1, -0.05) is 0 Å². The van der Waals surface area contributed by atoms with Gasteiger partial charge in [0.1, 0.15) is 5.75 Å². The van der Waals surface area contributed by atoms with Crippen molar-refractivity contribution in [3.63, 3.8) is 0 Å². The van der Waals surface area contributed by atoms with Crippen molar-refractivity contribution in [2.75, 3.05) is 7.11 Å². The van der Waals surface area contributed by atoms with Crippen LogP contribution in [-0.2, 0) is 11.2 Å². The van der Waals surface area contributed by atoms with Crippen LogP contribution in [0.3, 0.4) is 0 Å². The zero-order valence-corrected chi connectivity index (χ0v) is 9.24. The lowest BCUT2D eigenvalue weighted by Gasteiger charge is -2.08. The predicted molar refractivity (Wildman–Crippen MR) is 54.4 cm³/mol. The zero-order chi connectivity index (χ0) is 10.6. The molecular formula is C9H10BrNO3. The summed E-state index contributed by atoms with van der Waals surface area (Å²) >= 11 is 3.30. The van der Waals surface area contributed by atoms with Gasteiger partial charge in [0.2, 0.25) is 0 Å². The summed E-state index contributed by atoms with van der Waals surface area (Å²) in [7, 11) is 1.54. The summed E-state index contributed by atoms with van der Waals surface area (Å²) in [6.07, 6.45) is 3.71. The minimum Gasteiger partial charge on any atom is -0.495 e. The van der Waals surface area contributed by atoms with Crippen molar-refractivity contribution < 1.29 is 14.6 Å². The maximum Gasteiger partial charge on any atom is 0.303 e. The van der Waals surface area contributed by atoms with Crippen LogP contribution in [0.25, 0.3) is 0 Å². The quantitative estimate of drug-likeness (QED) is 0.897. The highest BCUT2D eigenvalue weighted by molar-refractivity contribution is 9.10. The Kier molecular flexibility index (Phi) is 3.88. The first kappa shape index (κ1) is 11.0. The molecule has 1 aromatic rings. The first-order valence-corrected chi connectivity index (χ1v) is 4.82. The molecule has 76 valence electrons. The van der Waals surface area contributed by atoms with Crippen molar-refractivity contribution in [3.05, 3.63) is 22.4 Å². The fourth-order valence-electron chi connectivity index (χ4n) is 1.09. The highest BCUT2D eigenvalue weighted by Crippen LogP contribution is 2.26. The number of pyridine rings is 1. The molecular weight excluding hydrogens is 250 g/mol. The third-order valence-electron chi connectivity index (χ3n) is 1.77. The van der Waals surface area contributed by atoms with Gasteiger partial charge in [0.25, 0.3) is 0 Å². The number of rotatable bonds is 4. The molecule has 0 atom stereocenters. The number of aromatic nitrogens is 1. The van der Waals surface area contributed by atoms with Gasteiger partial charge in [0, 0.05) is 22.7 Å². The Balaban J connectivity index is 2.87. The fraction of sp³-hybridized carbons (Fsp3) is 0.333. The average molecular weight is 260 g/mol. The number of ether oxygens (including phenoxy) is 1.